The summed E-state index contributed by atoms with van der Waals surface area (Å²) in [5.41, 5.74) is 1.56. The largest absolute Gasteiger partial charge is 0.457 e. The van der Waals surface area contributed by atoms with Crippen LogP contribution in [0.25, 0.3) is 17.4 Å². The molecule has 0 radical (unpaired) electrons. The van der Waals surface area contributed by atoms with E-state index in [1.807, 2.05) is 19.1 Å². The Morgan fingerprint density at radius 1 is 1.00 bits per heavy atom. The number of carbonyl (C=O) groups excluding carboxylic acids is 3. The van der Waals surface area contributed by atoms with E-state index in [4.69, 9.17) is 16.0 Å². The molecule has 0 saturated carbocycles. The highest BCUT2D eigenvalue weighted by atomic mass is 35.5. The van der Waals surface area contributed by atoms with E-state index in [1.165, 1.54) is 20.2 Å². The van der Waals surface area contributed by atoms with E-state index in [-0.39, 0.29) is 5.57 Å². The van der Waals surface area contributed by atoms with Gasteiger partial charge in [0.25, 0.3) is 11.8 Å². The maximum absolute atomic E-state index is 12.2. The summed E-state index contributed by atoms with van der Waals surface area (Å²) in [7, 11) is 2.65. The van der Waals surface area contributed by atoms with Crippen LogP contribution in [0, 0.1) is 6.92 Å². The molecule has 2 heterocycles. The highest BCUT2D eigenvalue weighted by Gasteiger charge is 2.38. The van der Waals surface area contributed by atoms with Gasteiger partial charge < -0.3 is 4.42 Å². The fraction of sp³-hybridized carbons (Fsp3) is 0.167. The van der Waals surface area contributed by atoms with E-state index in [0.29, 0.717) is 16.5 Å². The first kappa shape index (κ1) is 17.0. The van der Waals surface area contributed by atoms with Crippen molar-refractivity contribution in [1.82, 2.24) is 9.80 Å². The van der Waals surface area contributed by atoms with Crippen LogP contribution in [0.2, 0.25) is 5.02 Å². The minimum atomic E-state index is -0.665. The summed E-state index contributed by atoms with van der Waals surface area (Å²) >= 11 is 6.12. The lowest BCUT2D eigenvalue weighted by atomic mass is 10.1. The molecule has 25 heavy (non-hydrogen) atoms. The van der Waals surface area contributed by atoms with Gasteiger partial charge in [-0.05, 0) is 36.8 Å². The van der Waals surface area contributed by atoms with Crippen LogP contribution in [0.3, 0.4) is 0 Å². The van der Waals surface area contributed by atoms with Crippen LogP contribution >= 0.6 is 11.6 Å². The van der Waals surface area contributed by atoms with Crippen LogP contribution in [-0.2, 0) is 9.59 Å². The number of barbiturate groups is 1. The number of imide groups is 2. The third kappa shape index (κ3) is 2.85. The molecule has 1 fully saturated rings. The van der Waals surface area contributed by atoms with Crippen molar-refractivity contribution < 1.29 is 18.8 Å². The van der Waals surface area contributed by atoms with Crippen molar-refractivity contribution in [2.24, 2.45) is 0 Å². The van der Waals surface area contributed by atoms with Gasteiger partial charge in [-0.1, -0.05) is 23.7 Å². The summed E-state index contributed by atoms with van der Waals surface area (Å²) in [5.74, 6) is -0.419. The van der Waals surface area contributed by atoms with Crippen molar-refractivity contribution in [3.05, 3.63) is 52.3 Å². The minimum Gasteiger partial charge on any atom is -0.457 e. The average Bonchev–Trinajstić information content (AvgIpc) is 3.06. The molecule has 0 spiro atoms. The molecule has 0 N–H and O–H groups in total. The predicted octanol–water partition coefficient (Wildman–Crippen LogP) is 3.34. The van der Waals surface area contributed by atoms with E-state index in [1.54, 1.807) is 18.2 Å². The highest BCUT2D eigenvalue weighted by Crippen LogP contribution is 2.30. The van der Waals surface area contributed by atoms with Crippen molar-refractivity contribution in [2.45, 2.75) is 6.92 Å². The first-order chi connectivity index (χ1) is 11.8. The molecule has 1 aliphatic heterocycles. The monoisotopic (exact) mass is 358 g/mol. The number of hydrogen-bond donors (Lipinski definition) is 0. The Kier molecular flexibility index (Phi) is 4.22. The van der Waals surface area contributed by atoms with Gasteiger partial charge in [0.15, 0.2) is 0 Å². The fourth-order valence-electron chi connectivity index (χ4n) is 2.57. The first-order valence-corrected chi connectivity index (χ1v) is 7.86. The molecule has 3 rings (SSSR count). The van der Waals surface area contributed by atoms with Gasteiger partial charge in [-0.3, -0.25) is 19.4 Å². The number of benzene rings is 1. The Hall–Kier alpha value is -2.86. The first-order valence-electron chi connectivity index (χ1n) is 7.48. The maximum atomic E-state index is 12.2. The summed E-state index contributed by atoms with van der Waals surface area (Å²) in [6, 6.07) is 8.19. The van der Waals surface area contributed by atoms with Crippen molar-refractivity contribution in [3.63, 3.8) is 0 Å². The molecule has 1 aliphatic rings. The second kappa shape index (κ2) is 6.22. The van der Waals surface area contributed by atoms with Crippen LogP contribution < -0.4 is 0 Å². The molecule has 4 amide bonds. The molecule has 0 aliphatic carbocycles. The molecule has 0 bridgehead atoms. The van der Waals surface area contributed by atoms with Crippen LogP contribution in [-0.4, -0.2) is 41.7 Å². The average molecular weight is 359 g/mol. The van der Waals surface area contributed by atoms with Gasteiger partial charge in [0.05, 0.1) is 0 Å². The van der Waals surface area contributed by atoms with Gasteiger partial charge in [0, 0.05) is 24.7 Å². The SMILES string of the molecule is Cc1c(Cl)cccc1-c1ccc(C=C2C(=O)N(C)C(=O)N(C)C2=O)o1. The standard InChI is InChI=1S/C18H15ClN2O4/c1-10-12(5-4-6-14(10)19)15-8-7-11(25-15)9-13-16(22)20(2)18(24)21(3)17(13)23/h4-9H,1-3H3. The lowest BCUT2D eigenvalue weighted by Gasteiger charge is -2.28. The fourth-order valence-corrected chi connectivity index (χ4v) is 2.74. The number of amides is 4. The Morgan fingerprint density at radius 3 is 2.28 bits per heavy atom. The zero-order chi connectivity index (χ0) is 18.3. The minimum absolute atomic E-state index is 0.131. The Morgan fingerprint density at radius 2 is 1.64 bits per heavy atom. The van der Waals surface area contributed by atoms with Crippen molar-refractivity contribution >= 4 is 35.5 Å². The summed E-state index contributed by atoms with van der Waals surface area (Å²) < 4.78 is 5.74. The zero-order valence-electron chi connectivity index (χ0n) is 13.9. The summed E-state index contributed by atoms with van der Waals surface area (Å²) in [6.45, 7) is 1.88. The molecular formula is C18H15ClN2O4. The number of urea groups is 1. The van der Waals surface area contributed by atoms with Gasteiger partial charge >= 0.3 is 6.03 Å². The number of likely N-dealkylation sites (N-methyl/N-ethyl adjacent to an activating group) is 2. The molecule has 6 nitrogen and oxygen atoms in total. The molecule has 0 atom stereocenters. The van der Waals surface area contributed by atoms with E-state index < -0.39 is 17.8 Å². The van der Waals surface area contributed by atoms with Gasteiger partial charge in [-0.15, -0.1) is 0 Å². The van der Waals surface area contributed by atoms with Crippen molar-refractivity contribution in [2.75, 3.05) is 14.1 Å². The summed E-state index contributed by atoms with van der Waals surface area (Å²) in [4.78, 5) is 37.9. The van der Waals surface area contributed by atoms with Gasteiger partial charge in [0.2, 0.25) is 0 Å². The van der Waals surface area contributed by atoms with Gasteiger partial charge in [-0.2, -0.15) is 0 Å². The van der Waals surface area contributed by atoms with Crippen LogP contribution in [0.15, 0.2) is 40.3 Å². The molecule has 0 unspecified atom stereocenters. The topological polar surface area (TPSA) is 70.8 Å². The highest BCUT2D eigenvalue weighted by molar-refractivity contribution is 6.32. The van der Waals surface area contributed by atoms with E-state index >= 15 is 0 Å². The molecule has 2 aromatic rings. The van der Waals surface area contributed by atoms with Gasteiger partial charge in [-0.25, -0.2) is 4.79 Å². The van der Waals surface area contributed by atoms with Crippen molar-refractivity contribution in [3.8, 4) is 11.3 Å². The second-order valence-corrected chi connectivity index (χ2v) is 6.09. The molecule has 1 aromatic heterocycles. The molecule has 7 heteroatoms. The molecular weight excluding hydrogens is 344 g/mol. The zero-order valence-corrected chi connectivity index (χ0v) is 14.6. The third-order valence-electron chi connectivity index (χ3n) is 4.09. The van der Waals surface area contributed by atoms with E-state index in [9.17, 15) is 14.4 Å². The normalized spacial score (nSPS) is 15.2. The molecule has 1 saturated heterocycles. The maximum Gasteiger partial charge on any atom is 0.333 e. The number of nitrogens with zero attached hydrogens (tertiary/aromatic N) is 2. The number of hydrogen-bond acceptors (Lipinski definition) is 4. The smallest absolute Gasteiger partial charge is 0.333 e. The Labute approximate surface area is 149 Å². The van der Waals surface area contributed by atoms with Crippen LogP contribution in [0.1, 0.15) is 11.3 Å². The Bertz CT molecular complexity index is 903. The van der Waals surface area contributed by atoms with Crippen LogP contribution in [0.4, 0.5) is 4.79 Å². The lowest BCUT2D eigenvalue weighted by Crippen LogP contribution is -2.52. The number of halogens is 1. The quantitative estimate of drug-likeness (QED) is 0.609. The predicted molar refractivity (Wildman–Crippen MR) is 92.8 cm³/mol. The second-order valence-electron chi connectivity index (χ2n) is 5.68. The van der Waals surface area contributed by atoms with Crippen molar-refractivity contribution in [1.29, 1.82) is 0 Å². The van der Waals surface area contributed by atoms with E-state index in [0.717, 1.165) is 20.9 Å². The number of rotatable bonds is 2. The summed E-state index contributed by atoms with van der Waals surface area (Å²) in [6.07, 6.45) is 1.34. The lowest BCUT2D eigenvalue weighted by molar-refractivity contribution is -0.134. The van der Waals surface area contributed by atoms with Crippen LogP contribution in [0.5, 0.6) is 0 Å². The van der Waals surface area contributed by atoms with E-state index in [2.05, 4.69) is 0 Å². The molecule has 1 aromatic carbocycles. The number of carbonyl (C=O) groups is 3. The Balaban J connectivity index is 1.99. The number of furan rings is 1. The summed E-state index contributed by atoms with van der Waals surface area (Å²) in [5, 5.41) is 0.619. The molecule has 128 valence electrons. The van der Waals surface area contributed by atoms with Gasteiger partial charge in [0.1, 0.15) is 17.1 Å². The third-order valence-corrected chi connectivity index (χ3v) is 4.50.